The number of aryl methyl sites for hydroxylation is 2. The van der Waals surface area contributed by atoms with Crippen molar-refractivity contribution in [2.24, 2.45) is 11.8 Å². The van der Waals surface area contributed by atoms with Crippen molar-refractivity contribution >= 4 is 16.9 Å². The third kappa shape index (κ3) is 3.66. The number of carbonyl (C=O) groups is 1. The fraction of sp³-hybridized carbons (Fsp3) is 0.565. The van der Waals surface area contributed by atoms with Gasteiger partial charge in [-0.25, -0.2) is 4.79 Å². The van der Waals surface area contributed by atoms with Crippen molar-refractivity contribution in [3.63, 3.8) is 0 Å². The summed E-state index contributed by atoms with van der Waals surface area (Å²) in [4.78, 5) is 26.9. The van der Waals surface area contributed by atoms with E-state index in [9.17, 15) is 9.59 Å². The zero-order valence-corrected chi connectivity index (χ0v) is 17.6. The number of hydrogen-bond acceptors (Lipinski definition) is 5. The molecule has 2 fully saturated rings. The molecule has 1 saturated carbocycles. The predicted octanol–water partition coefficient (Wildman–Crippen LogP) is 3.31. The molecule has 6 heteroatoms. The van der Waals surface area contributed by atoms with E-state index in [0.717, 1.165) is 42.4 Å². The summed E-state index contributed by atoms with van der Waals surface area (Å²) in [6.07, 6.45) is 2.56. The molecule has 2 bridgehead atoms. The van der Waals surface area contributed by atoms with Gasteiger partial charge in [-0.15, -0.1) is 0 Å². The van der Waals surface area contributed by atoms with Gasteiger partial charge >= 0.3 is 5.63 Å². The maximum Gasteiger partial charge on any atom is 0.336 e. The Morgan fingerprint density at radius 2 is 1.93 bits per heavy atom. The fourth-order valence-corrected chi connectivity index (χ4v) is 5.08. The van der Waals surface area contributed by atoms with Gasteiger partial charge in [-0.3, -0.25) is 4.79 Å². The molecule has 156 valence electrons. The number of carbonyl (C=O) groups excluding carboxylic acids is 1. The average Bonchev–Trinajstić information content (AvgIpc) is 2.93. The number of nitrogens with zero attached hydrogens (tertiary/aromatic N) is 1. The lowest BCUT2D eigenvalue weighted by atomic mass is 9.94. The first-order chi connectivity index (χ1) is 13.9. The summed E-state index contributed by atoms with van der Waals surface area (Å²) in [5.74, 6) is 1.42. The molecule has 29 heavy (non-hydrogen) atoms. The highest BCUT2D eigenvalue weighted by Gasteiger charge is 2.44. The first-order valence-corrected chi connectivity index (χ1v) is 10.5. The molecule has 0 N–H and O–H groups in total. The van der Waals surface area contributed by atoms with Gasteiger partial charge in [0.1, 0.15) is 11.3 Å². The molecular formula is C23H29NO5. The van der Waals surface area contributed by atoms with Crippen molar-refractivity contribution < 1.29 is 18.7 Å². The molecule has 2 aliphatic rings. The summed E-state index contributed by atoms with van der Waals surface area (Å²) in [6, 6.07) is 5.25. The van der Waals surface area contributed by atoms with E-state index in [-0.39, 0.29) is 17.6 Å². The quantitative estimate of drug-likeness (QED) is 0.722. The summed E-state index contributed by atoms with van der Waals surface area (Å²) >= 11 is 0. The second-order valence-corrected chi connectivity index (χ2v) is 8.38. The van der Waals surface area contributed by atoms with Crippen LogP contribution in [0.15, 0.2) is 27.4 Å². The van der Waals surface area contributed by atoms with Crippen molar-refractivity contribution in [2.75, 3.05) is 20.2 Å². The van der Waals surface area contributed by atoms with Crippen LogP contribution in [0.4, 0.5) is 0 Å². The zero-order chi connectivity index (χ0) is 20.7. The molecule has 4 rings (SSSR count). The van der Waals surface area contributed by atoms with Crippen molar-refractivity contribution in [3.05, 3.63) is 39.7 Å². The fourth-order valence-electron chi connectivity index (χ4n) is 5.08. The molecule has 2 aromatic rings. The number of amides is 1. The van der Waals surface area contributed by atoms with Crippen LogP contribution in [0.25, 0.3) is 11.0 Å². The smallest absolute Gasteiger partial charge is 0.336 e. The van der Waals surface area contributed by atoms with Crippen LogP contribution in [-0.2, 0) is 16.0 Å². The molecule has 2 heterocycles. The van der Waals surface area contributed by atoms with Crippen LogP contribution >= 0.6 is 0 Å². The highest BCUT2D eigenvalue weighted by Crippen LogP contribution is 2.39. The molecule has 1 aromatic heterocycles. The Balaban J connectivity index is 1.58. The van der Waals surface area contributed by atoms with Crippen molar-refractivity contribution in [2.45, 2.75) is 52.2 Å². The maximum absolute atomic E-state index is 13.1. The van der Waals surface area contributed by atoms with Gasteiger partial charge in [-0.05, 0) is 56.4 Å². The second-order valence-electron chi connectivity index (χ2n) is 8.38. The minimum Gasteiger partial charge on any atom is -0.480 e. The highest BCUT2D eigenvalue weighted by atomic mass is 16.5. The standard InChI is InChI=1S/C23H29NO5/c1-5-15-10-20(25)29-19-9-13(2)8-18(21(15)19)28-14(3)23(26)24-11-16-6-7-17(12-24)22(16)27-4/h8-10,14,16-17,22H,5-7,11-12H2,1-4H3/t14?,16-,17+,22?. The van der Waals surface area contributed by atoms with Crippen LogP contribution in [0.5, 0.6) is 5.75 Å². The van der Waals surface area contributed by atoms with E-state index in [2.05, 4.69) is 0 Å². The van der Waals surface area contributed by atoms with Gasteiger partial charge in [-0.2, -0.15) is 0 Å². The normalized spacial score (nSPS) is 24.7. The van der Waals surface area contributed by atoms with E-state index in [0.29, 0.717) is 29.6 Å². The number of methoxy groups -OCH3 is 1. The lowest BCUT2D eigenvalue weighted by Crippen LogP contribution is -2.51. The van der Waals surface area contributed by atoms with Crippen LogP contribution in [0, 0.1) is 18.8 Å². The Labute approximate surface area is 170 Å². The van der Waals surface area contributed by atoms with Crippen LogP contribution in [0.3, 0.4) is 0 Å². The predicted molar refractivity (Wildman–Crippen MR) is 110 cm³/mol. The minimum absolute atomic E-state index is 0.00143. The first kappa shape index (κ1) is 20.0. The number of benzene rings is 1. The number of rotatable bonds is 5. The lowest BCUT2D eigenvalue weighted by Gasteiger charge is -2.38. The molecule has 1 aromatic carbocycles. The molecule has 1 saturated heterocycles. The largest absolute Gasteiger partial charge is 0.480 e. The topological polar surface area (TPSA) is 69.0 Å². The van der Waals surface area contributed by atoms with Gasteiger partial charge in [0.15, 0.2) is 6.10 Å². The van der Waals surface area contributed by atoms with Gasteiger partial charge in [-0.1, -0.05) is 6.92 Å². The molecule has 1 aliphatic heterocycles. The zero-order valence-electron chi connectivity index (χ0n) is 17.6. The highest BCUT2D eigenvalue weighted by molar-refractivity contribution is 5.88. The van der Waals surface area contributed by atoms with Gasteiger partial charge < -0.3 is 18.8 Å². The molecule has 0 spiro atoms. The van der Waals surface area contributed by atoms with E-state index >= 15 is 0 Å². The molecular weight excluding hydrogens is 370 g/mol. The summed E-state index contributed by atoms with van der Waals surface area (Å²) < 4.78 is 17.2. The number of likely N-dealkylation sites (tertiary alicyclic amines) is 1. The second kappa shape index (κ2) is 7.82. The van der Waals surface area contributed by atoms with E-state index in [1.807, 2.05) is 30.9 Å². The van der Waals surface area contributed by atoms with E-state index in [1.165, 1.54) is 6.07 Å². The molecule has 0 radical (unpaired) electrons. The summed E-state index contributed by atoms with van der Waals surface area (Å²) in [5.41, 5.74) is 1.92. The number of piperidine rings is 1. The molecule has 6 nitrogen and oxygen atoms in total. The van der Waals surface area contributed by atoms with Crippen molar-refractivity contribution in [1.29, 1.82) is 0 Å². The van der Waals surface area contributed by atoms with Gasteiger partial charge in [0.05, 0.1) is 11.5 Å². The van der Waals surface area contributed by atoms with Crippen LogP contribution in [0.2, 0.25) is 0 Å². The number of ether oxygens (including phenoxy) is 2. The molecule has 1 amide bonds. The summed E-state index contributed by atoms with van der Waals surface area (Å²) in [5, 5.41) is 0.774. The van der Waals surface area contributed by atoms with Crippen molar-refractivity contribution in [3.8, 4) is 5.75 Å². The van der Waals surface area contributed by atoms with Crippen LogP contribution in [-0.4, -0.2) is 43.2 Å². The Hall–Kier alpha value is -2.34. The number of hydrogen-bond donors (Lipinski definition) is 0. The van der Waals surface area contributed by atoms with Gasteiger partial charge in [0.25, 0.3) is 5.91 Å². The Morgan fingerprint density at radius 1 is 1.24 bits per heavy atom. The average molecular weight is 399 g/mol. The SMILES string of the molecule is CCc1cc(=O)oc2cc(C)cc(OC(C)C(=O)N3C[C@H]4CC[C@@H](C3)C4OC)c12. The molecule has 1 aliphatic carbocycles. The van der Waals surface area contributed by atoms with E-state index in [4.69, 9.17) is 13.9 Å². The monoisotopic (exact) mass is 399 g/mol. The molecule has 4 atom stereocenters. The Bertz CT molecular complexity index is 967. The minimum atomic E-state index is -0.616. The Kier molecular flexibility index (Phi) is 5.38. The van der Waals surface area contributed by atoms with E-state index in [1.54, 1.807) is 14.0 Å². The summed E-state index contributed by atoms with van der Waals surface area (Å²) in [6.45, 7) is 7.16. The maximum atomic E-state index is 13.1. The van der Waals surface area contributed by atoms with Crippen LogP contribution < -0.4 is 10.4 Å². The lowest BCUT2D eigenvalue weighted by molar-refractivity contribution is -0.143. The number of fused-ring (bicyclic) bond motifs is 3. The third-order valence-electron chi connectivity index (χ3n) is 6.40. The first-order valence-electron chi connectivity index (χ1n) is 10.5. The van der Waals surface area contributed by atoms with Gasteiger partial charge in [0, 0.05) is 38.1 Å². The molecule has 2 unspecified atom stereocenters. The van der Waals surface area contributed by atoms with Crippen LogP contribution in [0.1, 0.15) is 37.8 Å². The van der Waals surface area contributed by atoms with Crippen molar-refractivity contribution in [1.82, 2.24) is 4.90 Å². The van der Waals surface area contributed by atoms with E-state index < -0.39 is 6.10 Å². The summed E-state index contributed by atoms with van der Waals surface area (Å²) in [7, 11) is 1.77. The third-order valence-corrected chi connectivity index (χ3v) is 6.40. The van der Waals surface area contributed by atoms with Gasteiger partial charge in [0.2, 0.25) is 0 Å². The Morgan fingerprint density at radius 3 is 2.55 bits per heavy atom.